The van der Waals surface area contributed by atoms with Gasteiger partial charge in [-0.25, -0.2) is 0 Å². The summed E-state index contributed by atoms with van der Waals surface area (Å²) < 4.78 is 0. The van der Waals surface area contributed by atoms with Gasteiger partial charge in [0.25, 0.3) is 0 Å². The first kappa shape index (κ1) is 15.1. The zero-order valence-electron chi connectivity index (χ0n) is 12.5. The third kappa shape index (κ3) is 3.44. The van der Waals surface area contributed by atoms with Gasteiger partial charge in [-0.15, -0.1) is 0 Å². The van der Waals surface area contributed by atoms with E-state index in [1.165, 1.54) is 18.9 Å². The van der Waals surface area contributed by atoms with Gasteiger partial charge in [0.15, 0.2) is 0 Å². The third-order valence-corrected chi connectivity index (χ3v) is 4.18. The summed E-state index contributed by atoms with van der Waals surface area (Å²) in [7, 11) is 0. The highest BCUT2D eigenvalue weighted by molar-refractivity contribution is 5.40. The van der Waals surface area contributed by atoms with Crippen molar-refractivity contribution in [2.24, 2.45) is 0 Å². The number of aromatic hydroxyl groups is 2. The Morgan fingerprint density at radius 2 is 2.20 bits per heavy atom. The number of hydrogen-bond acceptors (Lipinski definition) is 4. The molecule has 1 aliphatic heterocycles. The van der Waals surface area contributed by atoms with Crippen LogP contribution in [0.15, 0.2) is 18.2 Å². The first-order chi connectivity index (χ1) is 9.63. The standard InChI is InChI=1S/C16H26N2O2/c1-3-9-18(13-5-4-8-17-11-13)12(2)15-7-6-14(19)10-16(15)20/h6-7,10,12-13,17,19-20H,3-5,8-9,11H2,1-2H3. The summed E-state index contributed by atoms with van der Waals surface area (Å²) in [6, 6.07) is 5.57. The lowest BCUT2D eigenvalue weighted by Gasteiger charge is -2.39. The monoisotopic (exact) mass is 278 g/mol. The number of nitrogens with zero attached hydrogens (tertiary/aromatic N) is 1. The molecule has 112 valence electrons. The van der Waals surface area contributed by atoms with Crippen LogP contribution >= 0.6 is 0 Å². The van der Waals surface area contributed by atoms with Crippen molar-refractivity contribution in [3.63, 3.8) is 0 Å². The van der Waals surface area contributed by atoms with Crippen LogP contribution in [-0.2, 0) is 0 Å². The van der Waals surface area contributed by atoms with Crippen LogP contribution in [0.2, 0.25) is 0 Å². The van der Waals surface area contributed by atoms with Gasteiger partial charge in [-0.1, -0.05) is 13.0 Å². The van der Waals surface area contributed by atoms with Crippen molar-refractivity contribution in [2.75, 3.05) is 19.6 Å². The van der Waals surface area contributed by atoms with E-state index in [-0.39, 0.29) is 17.5 Å². The molecule has 1 aromatic rings. The summed E-state index contributed by atoms with van der Waals surface area (Å²) in [5.41, 5.74) is 0.891. The summed E-state index contributed by atoms with van der Waals surface area (Å²) in [4.78, 5) is 2.47. The fraction of sp³-hybridized carbons (Fsp3) is 0.625. The van der Waals surface area contributed by atoms with Crippen molar-refractivity contribution in [1.29, 1.82) is 0 Å². The fourth-order valence-electron chi connectivity index (χ4n) is 3.13. The van der Waals surface area contributed by atoms with Gasteiger partial charge in [0.05, 0.1) is 0 Å². The Bertz CT molecular complexity index is 430. The molecule has 0 radical (unpaired) electrons. The molecule has 2 atom stereocenters. The highest BCUT2D eigenvalue weighted by Gasteiger charge is 2.26. The highest BCUT2D eigenvalue weighted by atomic mass is 16.3. The zero-order chi connectivity index (χ0) is 14.5. The minimum Gasteiger partial charge on any atom is -0.508 e. The van der Waals surface area contributed by atoms with E-state index in [1.54, 1.807) is 6.07 Å². The Balaban J connectivity index is 2.18. The maximum Gasteiger partial charge on any atom is 0.124 e. The quantitative estimate of drug-likeness (QED) is 0.775. The van der Waals surface area contributed by atoms with Crippen LogP contribution in [0.25, 0.3) is 0 Å². The van der Waals surface area contributed by atoms with Crippen LogP contribution < -0.4 is 5.32 Å². The van der Waals surface area contributed by atoms with Gasteiger partial charge < -0.3 is 15.5 Å². The predicted molar refractivity (Wildman–Crippen MR) is 81.1 cm³/mol. The van der Waals surface area contributed by atoms with E-state index in [2.05, 4.69) is 24.1 Å². The Hall–Kier alpha value is -1.26. The summed E-state index contributed by atoms with van der Waals surface area (Å²) in [5.74, 6) is 0.294. The molecule has 1 fully saturated rings. The minimum atomic E-state index is 0.111. The minimum absolute atomic E-state index is 0.111. The second-order valence-corrected chi connectivity index (χ2v) is 5.66. The number of rotatable bonds is 5. The third-order valence-electron chi connectivity index (χ3n) is 4.18. The predicted octanol–water partition coefficient (Wildman–Crippen LogP) is 2.62. The second-order valence-electron chi connectivity index (χ2n) is 5.66. The lowest BCUT2D eigenvalue weighted by atomic mass is 9.99. The lowest BCUT2D eigenvalue weighted by Crippen LogP contribution is -2.47. The average Bonchev–Trinajstić information content (AvgIpc) is 2.45. The number of hydrogen-bond donors (Lipinski definition) is 3. The lowest BCUT2D eigenvalue weighted by molar-refractivity contribution is 0.119. The van der Waals surface area contributed by atoms with Gasteiger partial charge in [0.2, 0.25) is 0 Å². The van der Waals surface area contributed by atoms with Gasteiger partial charge in [-0.2, -0.15) is 0 Å². The zero-order valence-corrected chi connectivity index (χ0v) is 12.5. The first-order valence-corrected chi connectivity index (χ1v) is 7.61. The Labute approximate surface area is 121 Å². The molecule has 1 aliphatic rings. The molecular weight excluding hydrogens is 252 g/mol. The molecule has 4 nitrogen and oxygen atoms in total. The largest absolute Gasteiger partial charge is 0.508 e. The van der Waals surface area contributed by atoms with Gasteiger partial charge in [0, 0.05) is 30.3 Å². The number of phenolic OH excluding ortho intramolecular Hbond substituents is 2. The number of benzene rings is 1. The van der Waals surface area contributed by atoms with Crippen molar-refractivity contribution in [2.45, 2.75) is 45.2 Å². The first-order valence-electron chi connectivity index (χ1n) is 7.61. The molecule has 4 heteroatoms. The molecule has 1 aromatic carbocycles. The van der Waals surface area contributed by atoms with Crippen molar-refractivity contribution in [3.05, 3.63) is 23.8 Å². The van der Waals surface area contributed by atoms with E-state index in [0.717, 1.165) is 31.6 Å². The number of nitrogens with one attached hydrogen (secondary N) is 1. The molecule has 20 heavy (non-hydrogen) atoms. The molecule has 2 unspecified atom stereocenters. The van der Waals surface area contributed by atoms with Crippen LogP contribution in [0.5, 0.6) is 11.5 Å². The van der Waals surface area contributed by atoms with Crippen molar-refractivity contribution < 1.29 is 10.2 Å². The molecule has 0 saturated carbocycles. The molecule has 0 amide bonds. The molecule has 1 saturated heterocycles. The maximum absolute atomic E-state index is 10.1. The van der Waals surface area contributed by atoms with Crippen LogP contribution in [0.1, 0.15) is 44.7 Å². The van der Waals surface area contributed by atoms with Crippen molar-refractivity contribution in [3.8, 4) is 11.5 Å². The Morgan fingerprint density at radius 1 is 1.40 bits per heavy atom. The number of phenols is 2. The summed E-state index contributed by atoms with van der Waals surface area (Å²) in [6.07, 6.45) is 3.51. The topological polar surface area (TPSA) is 55.7 Å². The Kier molecular flexibility index (Phi) is 5.26. The van der Waals surface area contributed by atoms with Gasteiger partial charge in [0.1, 0.15) is 11.5 Å². The van der Waals surface area contributed by atoms with E-state index in [4.69, 9.17) is 0 Å². The van der Waals surface area contributed by atoms with Crippen molar-refractivity contribution >= 4 is 0 Å². The fourth-order valence-corrected chi connectivity index (χ4v) is 3.13. The second kappa shape index (κ2) is 6.95. The van der Waals surface area contributed by atoms with E-state index < -0.39 is 0 Å². The van der Waals surface area contributed by atoms with E-state index in [1.807, 2.05) is 6.07 Å². The Morgan fingerprint density at radius 3 is 2.80 bits per heavy atom. The van der Waals surface area contributed by atoms with Gasteiger partial charge in [-0.3, -0.25) is 4.90 Å². The molecule has 0 bridgehead atoms. The maximum atomic E-state index is 10.1. The van der Waals surface area contributed by atoms with Gasteiger partial charge >= 0.3 is 0 Å². The summed E-state index contributed by atoms with van der Waals surface area (Å²) in [5, 5.41) is 23.0. The summed E-state index contributed by atoms with van der Waals surface area (Å²) >= 11 is 0. The van der Waals surface area contributed by atoms with Crippen LogP contribution in [0.3, 0.4) is 0 Å². The molecule has 0 spiro atoms. The van der Waals surface area contributed by atoms with Gasteiger partial charge in [-0.05, 0) is 45.3 Å². The molecule has 0 aromatic heterocycles. The van der Waals surface area contributed by atoms with Crippen LogP contribution in [-0.4, -0.2) is 40.8 Å². The van der Waals surface area contributed by atoms with E-state index in [9.17, 15) is 10.2 Å². The summed E-state index contributed by atoms with van der Waals surface area (Å²) in [6.45, 7) is 7.47. The van der Waals surface area contributed by atoms with E-state index in [0.29, 0.717) is 6.04 Å². The van der Waals surface area contributed by atoms with E-state index >= 15 is 0 Å². The molecular formula is C16H26N2O2. The van der Waals surface area contributed by atoms with Crippen LogP contribution in [0, 0.1) is 0 Å². The van der Waals surface area contributed by atoms with Crippen molar-refractivity contribution in [1.82, 2.24) is 10.2 Å². The average molecular weight is 278 g/mol. The molecule has 3 N–H and O–H groups in total. The molecule has 0 aliphatic carbocycles. The van der Waals surface area contributed by atoms with Crippen LogP contribution in [0.4, 0.5) is 0 Å². The molecule has 2 rings (SSSR count). The highest BCUT2D eigenvalue weighted by Crippen LogP contribution is 2.33. The molecule has 1 heterocycles. The smallest absolute Gasteiger partial charge is 0.124 e. The SMILES string of the molecule is CCCN(C1CCCNC1)C(C)c1ccc(O)cc1O. The normalized spacial score (nSPS) is 21.1. The number of piperidine rings is 1.